The van der Waals surface area contributed by atoms with Crippen LogP contribution < -0.4 is 16.8 Å². The molecule has 0 amide bonds. The zero-order chi connectivity index (χ0) is 10.6. The van der Waals surface area contributed by atoms with Crippen molar-refractivity contribution in [3.63, 3.8) is 0 Å². The molecule has 0 bridgehead atoms. The lowest BCUT2D eigenvalue weighted by atomic mass is 10.5. The summed E-state index contributed by atoms with van der Waals surface area (Å²) >= 11 is 0. The van der Waals surface area contributed by atoms with Crippen LogP contribution in [0.5, 0.6) is 0 Å². The molecule has 0 atom stereocenters. The maximum atomic E-state index is 5.51. The van der Waals surface area contributed by atoms with Crippen LogP contribution in [-0.2, 0) is 0 Å². The average Bonchev–Trinajstić information content (AvgIpc) is 2.01. The molecular weight excluding hydrogens is 180 g/mol. The van der Waals surface area contributed by atoms with Gasteiger partial charge in [0.05, 0.1) is 0 Å². The van der Waals surface area contributed by atoms with E-state index in [4.69, 9.17) is 11.5 Å². The lowest BCUT2D eigenvalue weighted by Gasteiger charge is -2.10. The molecule has 1 aromatic heterocycles. The van der Waals surface area contributed by atoms with E-state index in [9.17, 15) is 0 Å². The first kappa shape index (κ1) is 10.5. The lowest BCUT2D eigenvalue weighted by Crippen LogP contribution is -2.21. The minimum Gasteiger partial charge on any atom is -0.383 e. The number of aromatic nitrogens is 2. The van der Waals surface area contributed by atoms with Gasteiger partial charge in [0.2, 0.25) is 5.95 Å². The molecule has 0 saturated carbocycles. The summed E-state index contributed by atoms with van der Waals surface area (Å²) in [7, 11) is 4.01. The van der Waals surface area contributed by atoms with Crippen LogP contribution in [0, 0.1) is 0 Å². The van der Waals surface area contributed by atoms with Gasteiger partial charge in [0.15, 0.2) is 0 Å². The molecule has 0 aromatic carbocycles. The highest BCUT2D eigenvalue weighted by Crippen LogP contribution is 2.08. The van der Waals surface area contributed by atoms with Gasteiger partial charge in [0.25, 0.3) is 0 Å². The molecule has 0 aliphatic carbocycles. The Morgan fingerprint density at radius 1 is 1.36 bits per heavy atom. The third-order valence-electron chi connectivity index (χ3n) is 1.63. The van der Waals surface area contributed by atoms with Gasteiger partial charge in [-0.25, -0.2) is 0 Å². The first-order valence-electron chi connectivity index (χ1n) is 4.36. The fourth-order valence-electron chi connectivity index (χ4n) is 0.983. The van der Waals surface area contributed by atoms with Crippen molar-refractivity contribution in [3.05, 3.63) is 6.07 Å². The van der Waals surface area contributed by atoms with E-state index < -0.39 is 0 Å². The zero-order valence-corrected chi connectivity index (χ0v) is 8.49. The van der Waals surface area contributed by atoms with E-state index in [0.717, 1.165) is 13.1 Å². The number of hydrogen-bond donors (Lipinski definition) is 3. The molecule has 0 unspecified atom stereocenters. The lowest BCUT2D eigenvalue weighted by molar-refractivity contribution is 0.425. The van der Waals surface area contributed by atoms with E-state index in [1.54, 1.807) is 6.07 Å². The summed E-state index contributed by atoms with van der Waals surface area (Å²) in [6.45, 7) is 1.71. The number of anilines is 3. The highest BCUT2D eigenvalue weighted by Gasteiger charge is 1.98. The van der Waals surface area contributed by atoms with Crippen molar-refractivity contribution in [1.29, 1.82) is 0 Å². The number of rotatable bonds is 4. The van der Waals surface area contributed by atoms with E-state index in [2.05, 4.69) is 20.2 Å². The van der Waals surface area contributed by atoms with E-state index in [1.807, 2.05) is 14.1 Å². The second kappa shape index (κ2) is 4.61. The summed E-state index contributed by atoms with van der Waals surface area (Å²) in [6, 6.07) is 1.66. The Hall–Kier alpha value is -1.56. The van der Waals surface area contributed by atoms with Gasteiger partial charge in [-0.2, -0.15) is 9.97 Å². The molecule has 1 rings (SSSR count). The Morgan fingerprint density at radius 3 is 2.64 bits per heavy atom. The van der Waals surface area contributed by atoms with Crippen LogP contribution in [0.15, 0.2) is 6.07 Å². The normalized spacial score (nSPS) is 10.5. The fraction of sp³-hybridized carbons (Fsp3) is 0.500. The summed E-state index contributed by atoms with van der Waals surface area (Å²) in [6.07, 6.45) is 0. The SMILES string of the molecule is CN(C)CCNc1cc(N)nc(N)n1. The van der Waals surface area contributed by atoms with Crippen molar-refractivity contribution in [1.82, 2.24) is 14.9 Å². The van der Waals surface area contributed by atoms with Crippen LogP contribution in [0.1, 0.15) is 0 Å². The first-order valence-corrected chi connectivity index (χ1v) is 4.36. The van der Waals surface area contributed by atoms with Gasteiger partial charge >= 0.3 is 0 Å². The molecule has 6 nitrogen and oxygen atoms in total. The molecular formula is C8H16N6. The highest BCUT2D eigenvalue weighted by atomic mass is 15.1. The maximum Gasteiger partial charge on any atom is 0.223 e. The number of nitrogens with two attached hydrogens (primary N) is 2. The van der Waals surface area contributed by atoms with Crippen molar-refractivity contribution in [2.75, 3.05) is 44.0 Å². The standard InChI is InChI=1S/C8H16N6/c1-14(2)4-3-11-7-5-6(9)12-8(10)13-7/h5H,3-4H2,1-2H3,(H5,9,10,11,12,13). The predicted molar refractivity (Wildman–Crippen MR) is 57.9 cm³/mol. The van der Waals surface area contributed by atoms with Crippen molar-refractivity contribution in [2.24, 2.45) is 0 Å². The minimum atomic E-state index is 0.192. The molecule has 6 heteroatoms. The van der Waals surface area contributed by atoms with Crippen LogP contribution in [0.3, 0.4) is 0 Å². The van der Waals surface area contributed by atoms with E-state index in [-0.39, 0.29) is 5.95 Å². The molecule has 78 valence electrons. The smallest absolute Gasteiger partial charge is 0.223 e. The van der Waals surface area contributed by atoms with Gasteiger partial charge in [0, 0.05) is 19.2 Å². The molecule has 0 aliphatic rings. The Balaban J connectivity index is 2.50. The van der Waals surface area contributed by atoms with E-state index in [0.29, 0.717) is 11.6 Å². The highest BCUT2D eigenvalue weighted by molar-refractivity contribution is 5.48. The Bertz CT molecular complexity index is 278. The molecule has 0 fully saturated rings. The summed E-state index contributed by atoms with van der Waals surface area (Å²) in [5.41, 5.74) is 10.9. The molecule has 0 aliphatic heterocycles. The van der Waals surface area contributed by atoms with Crippen LogP contribution in [0.25, 0.3) is 0 Å². The Morgan fingerprint density at radius 2 is 2.07 bits per heavy atom. The fourth-order valence-corrected chi connectivity index (χ4v) is 0.983. The summed E-state index contributed by atoms with van der Waals surface area (Å²) < 4.78 is 0. The van der Waals surface area contributed by atoms with Crippen LogP contribution >= 0.6 is 0 Å². The molecule has 14 heavy (non-hydrogen) atoms. The summed E-state index contributed by atoms with van der Waals surface area (Å²) in [4.78, 5) is 9.83. The number of nitrogens with zero attached hydrogens (tertiary/aromatic N) is 3. The van der Waals surface area contributed by atoms with E-state index >= 15 is 0 Å². The topological polar surface area (TPSA) is 93.1 Å². The van der Waals surface area contributed by atoms with Crippen LogP contribution in [0.4, 0.5) is 17.6 Å². The molecule has 5 N–H and O–H groups in total. The van der Waals surface area contributed by atoms with Gasteiger partial charge < -0.3 is 21.7 Å². The number of hydrogen-bond acceptors (Lipinski definition) is 6. The maximum absolute atomic E-state index is 5.51. The van der Waals surface area contributed by atoms with Crippen molar-refractivity contribution >= 4 is 17.6 Å². The zero-order valence-electron chi connectivity index (χ0n) is 8.49. The third kappa shape index (κ3) is 3.44. The monoisotopic (exact) mass is 196 g/mol. The molecule has 1 aromatic rings. The van der Waals surface area contributed by atoms with Crippen LogP contribution in [0.2, 0.25) is 0 Å². The van der Waals surface area contributed by atoms with Gasteiger partial charge in [0.1, 0.15) is 11.6 Å². The largest absolute Gasteiger partial charge is 0.383 e. The number of nitrogen functional groups attached to an aromatic ring is 2. The number of nitrogens with one attached hydrogen (secondary N) is 1. The first-order chi connectivity index (χ1) is 6.58. The average molecular weight is 196 g/mol. The van der Waals surface area contributed by atoms with Crippen molar-refractivity contribution in [2.45, 2.75) is 0 Å². The third-order valence-corrected chi connectivity index (χ3v) is 1.63. The van der Waals surface area contributed by atoms with Crippen molar-refractivity contribution in [3.8, 4) is 0 Å². The molecule has 0 radical (unpaired) electrons. The minimum absolute atomic E-state index is 0.192. The molecule has 0 saturated heterocycles. The second-order valence-corrected chi connectivity index (χ2v) is 3.27. The van der Waals surface area contributed by atoms with Gasteiger partial charge in [-0.3, -0.25) is 0 Å². The van der Waals surface area contributed by atoms with E-state index in [1.165, 1.54) is 0 Å². The second-order valence-electron chi connectivity index (χ2n) is 3.27. The number of likely N-dealkylation sites (N-methyl/N-ethyl adjacent to an activating group) is 1. The summed E-state index contributed by atoms with van der Waals surface area (Å²) in [5.74, 6) is 1.24. The Labute approximate surface area is 83.3 Å². The summed E-state index contributed by atoms with van der Waals surface area (Å²) in [5, 5.41) is 3.10. The molecule has 0 spiro atoms. The molecule has 1 heterocycles. The van der Waals surface area contributed by atoms with Gasteiger partial charge in [-0.1, -0.05) is 0 Å². The van der Waals surface area contributed by atoms with Crippen molar-refractivity contribution < 1.29 is 0 Å². The predicted octanol–water partition coefficient (Wildman–Crippen LogP) is -0.385. The Kier molecular flexibility index (Phi) is 3.47. The quantitative estimate of drug-likeness (QED) is 0.607. The van der Waals surface area contributed by atoms with Gasteiger partial charge in [-0.05, 0) is 14.1 Å². The van der Waals surface area contributed by atoms with Gasteiger partial charge in [-0.15, -0.1) is 0 Å². The van der Waals surface area contributed by atoms with Crippen LogP contribution in [-0.4, -0.2) is 42.1 Å².